The predicted octanol–water partition coefficient (Wildman–Crippen LogP) is 2.90. The molecule has 0 spiro atoms. The number of fused-ring (bicyclic) bond motifs is 3. The molecule has 3 aliphatic rings. The van der Waals surface area contributed by atoms with Crippen molar-refractivity contribution in [1.82, 2.24) is 19.8 Å². The second kappa shape index (κ2) is 7.69. The number of nitrogens with one attached hydrogen (secondary N) is 1. The van der Waals surface area contributed by atoms with E-state index in [0.29, 0.717) is 11.8 Å². The number of aryl methyl sites for hydroxylation is 1. The van der Waals surface area contributed by atoms with Crippen molar-refractivity contribution in [2.45, 2.75) is 64.1 Å². The van der Waals surface area contributed by atoms with Gasteiger partial charge in [0.05, 0.1) is 0 Å². The van der Waals surface area contributed by atoms with Crippen molar-refractivity contribution in [2.75, 3.05) is 13.1 Å². The van der Waals surface area contributed by atoms with E-state index in [9.17, 15) is 9.59 Å². The van der Waals surface area contributed by atoms with Crippen molar-refractivity contribution in [1.29, 1.82) is 0 Å². The number of likely N-dealkylation sites (tertiary alicyclic amines) is 1. The van der Waals surface area contributed by atoms with E-state index in [0.717, 1.165) is 57.7 Å². The van der Waals surface area contributed by atoms with Crippen molar-refractivity contribution in [3.05, 3.63) is 49.8 Å². The summed E-state index contributed by atoms with van der Waals surface area (Å²) in [7, 11) is 0. The lowest BCUT2D eigenvalue weighted by atomic mass is 9.95. The van der Waals surface area contributed by atoms with Gasteiger partial charge in [0.2, 0.25) is 0 Å². The van der Waals surface area contributed by atoms with Crippen molar-refractivity contribution in [3.8, 4) is 0 Å². The van der Waals surface area contributed by atoms with Crippen LogP contribution in [0.1, 0.15) is 64.0 Å². The molecular formula is C22H28N4O2S. The minimum atomic E-state index is -0.377. The van der Waals surface area contributed by atoms with Crippen LogP contribution >= 0.6 is 11.3 Å². The molecule has 0 bridgehead atoms. The largest absolute Gasteiger partial charge is 0.349 e. The van der Waals surface area contributed by atoms with Gasteiger partial charge in [0.15, 0.2) is 0 Å². The number of hydrogen-bond acceptors (Lipinski definition) is 5. The Labute approximate surface area is 175 Å². The van der Waals surface area contributed by atoms with Gasteiger partial charge in [-0.25, -0.2) is 0 Å². The number of rotatable bonds is 4. The summed E-state index contributed by atoms with van der Waals surface area (Å²) in [6.07, 6.45) is 7.31. The maximum Gasteiger partial charge on any atom is 0.285 e. The normalized spacial score (nSPS) is 24.4. The summed E-state index contributed by atoms with van der Waals surface area (Å²) in [6, 6.07) is 4.58. The smallest absolute Gasteiger partial charge is 0.285 e. The fourth-order valence-corrected chi connectivity index (χ4v) is 6.16. The number of nitrogens with zero attached hydrogens (tertiary/aromatic N) is 3. The number of carbonyl (C=O) groups excluding carboxylic acids is 1. The van der Waals surface area contributed by atoms with Gasteiger partial charge in [0, 0.05) is 60.0 Å². The molecule has 5 rings (SSSR count). The Morgan fingerprint density at radius 1 is 1.21 bits per heavy atom. The summed E-state index contributed by atoms with van der Waals surface area (Å²) in [6.45, 7) is 5.90. The van der Waals surface area contributed by atoms with Crippen LogP contribution in [0.15, 0.2) is 23.1 Å². The van der Waals surface area contributed by atoms with Crippen LogP contribution in [0.4, 0.5) is 0 Å². The molecule has 2 atom stereocenters. The molecule has 1 aliphatic carbocycles. The summed E-state index contributed by atoms with van der Waals surface area (Å²) in [5, 5.41) is 3.05. The number of carbonyl (C=O) groups is 1. The van der Waals surface area contributed by atoms with Crippen LogP contribution in [0.25, 0.3) is 0 Å². The van der Waals surface area contributed by atoms with Gasteiger partial charge < -0.3 is 9.88 Å². The van der Waals surface area contributed by atoms with Gasteiger partial charge in [0.25, 0.3) is 11.5 Å². The monoisotopic (exact) mass is 412 g/mol. The predicted molar refractivity (Wildman–Crippen MR) is 113 cm³/mol. The van der Waals surface area contributed by atoms with Crippen molar-refractivity contribution in [2.24, 2.45) is 5.92 Å². The van der Waals surface area contributed by atoms with E-state index in [1.807, 2.05) is 11.3 Å². The average Bonchev–Trinajstić information content (AvgIpc) is 3.37. The lowest BCUT2D eigenvalue weighted by Crippen LogP contribution is -2.39. The van der Waals surface area contributed by atoms with Crippen LogP contribution in [0.5, 0.6) is 0 Å². The molecule has 1 saturated carbocycles. The molecule has 6 nitrogen and oxygen atoms in total. The first-order valence-electron chi connectivity index (χ1n) is 10.8. The maximum atomic E-state index is 12.7. The van der Waals surface area contributed by atoms with E-state index in [-0.39, 0.29) is 23.1 Å². The van der Waals surface area contributed by atoms with Crippen molar-refractivity contribution < 1.29 is 4.79 Å². The summed E-state index contributed by atoms with van der Waals surface area (Å²) >= 11 is 1.85. The lowest BCUT2D eigenvalue weighted by molar-refractivity contribution is 0.0925. The molecule has 4 heterocycles. The zero-order chi connectivity index (χ0) is 20.0. The van der Waals surface area contributed by atoms with E-state index in [4.69, 9.17) is 0 Å². The van der Waals surface area contributed by atoms with E-state index in [2.05, 4.69) is 38.8 Å². The van der Waals surface area contributed by atoms with Crippen molar-refractivity contribution >= 4 is 17.2 Å². The summed E-state index contributed by atoms with van der Waals surface area (Å²) < 4.78 is 2.05. The van der Waals surface area contributed by atoms with Gasteiger partial charge >= 0.3 is 0 Å². The third-order valence-corrected chi connectivity index (χ3v) is 7.65. The molecule has 1 N–H and O–H groups in total. The molecule has 1 saturated heterocycles. The number of amides is 1. The first-order chi connectivity index (χ1) is 14.1. The van der Waals surface area contributed by atoms with Crippen LogP contribution < -0.4 is 10.9 Å². The number of aromatic nitrogens is 2. The Bertz CT molecular complexity index is 975. The molecule has 2 aromatic rings. The Balaban J connectivity index is 1.29. The molecule has 0 unspecified atom stereocenters. The van der Waals surface area contributed by atoms with E-state index >= 15 is 0 Å². The minimum absolute atomic E-state index is 0.197. The first-order valence-corrected chi connectivity index (χ1v) is 11.6. The van der Waals surface area contributed by atoms with Crippen molar-refractivity contribution in [3.63, 3.8) is 0 Å². The highest BCUT2D eigenvalue weighted by Gasteiger charge is 2.41. The molecule has 154 valence electrons. The second-order valence-electron chi connectivity index (χ2n) is 8.85. The summed E-state index contributed by atoms with van der Waals surface area (Å²) in [5.41, 5.74) is -0.178. The molecule has 2 aliphatic heterocycles. The SMILES string of the molecule is Cc1ccc(CN2C[C@H]3Cn4cc(C(=O)NC5CCCCC5)c(=O)nc4[C@@H]3C2)s1. The Morgan fingerprint density at radius 2 is 2.03 bits per heavy atom. The standard InChI is InChI=1S/C22H28N4O2S/c1-14-7-8-17(29-14)11-25-9-15-10-26-13-19(22(28)24-20(26)18(15)12-25)21(27)23-16-5-3-2-4-6-16/h7-8,13,15-16,18H,2-6,9-12H2,1H3,(H,23,27)/t15-,18+/m0/s1. The Morgan fingerprint density at radius 3 is 2.79 bits per heavy atom. The van der Waals surface area contributed by atoms with Crippen LogP contribution in [-0.4, -0.2) is 39.5 Å². The quantitative estimate of drug-likeness (QED) is 0.839. The second-order valence-corrected chi connectivity index (χ2v) is 10.2. The van der Waals surface area contributed by atoms with Crippen LogP contribution in [0.2, 0.25) is 0 Å². The average molecular weight is 413 g/mol. The molecule has 1 amide bonds. The first kappa shape index (κ1) is 19.0. The molecule has 0 radical (unpaired) electrons. The molecule has 2 fully saturated rings. The highest BCUT2D eigenvalue weighted by Crippen LogP contribution is 2.38. The molecule has 7 heteroatoms. The third-order valence-electron chi connectivity index (χ3n) is 6.67. The molecule has 2 aromatic heterocycles. The third kappa shape index (κ3) is 3.78. The van der Waals surface area contributed by atoms with E-state index in [1.54, 1.807) is 6.20 Å². The topological polar surface area (TPSA) is 67.2 Å². The van der Waals surface area contributed by atoms with Crippen LogP contribution in [0, 0.1) is 12.8 Å². The van der Waals surface area contributed by atoms with Gasteiger partial charge in [-0.2, -0.15) is 4.98 Å². The minimum Gasteiger partial charge on any atom is -0.349 e. The maximum absolute atomic E-state index is 12.7. The molecule has 0 aromatic carbocycles. The fourth-order valence-electron chi connectivity index (χ4n) is 5.22. The number of hydrogen-bond donors (Lipinski definition) is 1. The van der Waals surface area contributed by atoms with Gasteiger partial charge in [-0.3, -0.25) is 14.5 Å². The Hall–Kier alpha value is -1.99. The zero-order valence-electron chi connectivity index (χ0n) is 16.9. The molecule has 29 heavy (non-hydrogen) atoms. The van der Waals surface area contributed by atoms with Gasteiger partial charge in [-0.15, -0.1) is 11.3 Å². The lowest BCUT2D eigenvalue weighted by Gasteiger charge is -2.22. The van der Waals surface area contributed by atoms with Crippen LogP contribution in [0.3, 0.4) is 0 Å². The van der Waals surface area contributed by atoms with E-state index < -0.39 is 0 Å². The molecular weight excluding hydrogens is 384 g/mol. The van der Waals surface area contributed by atoms with Gasteiger partial charge in [-0.1, -0.05) is 19.3 Å². The highest BCUT2D eigenvalue weighted by molar-refractivity contribution is 7.11. The fraction of sp³-hybridized carbons (Fsp3) is 0.591. The number of thiophene rings is 1. The van der Waals surface area contributed by atoms with Gasteiger partial charge in [0.1, 0.15) is 11.4 Å². The summed E-state index contributed by atoms with van der Waals surface area (Å²) in [5.74, 6) is 1.37. The summed E-state index contributed by atoms with van der Waals surface area (Å²) in [4.78, 5) is 34.9. The van der Waals surface area contributed by atoms with Crippen LogP contribution in [-0.2, 0) is 13.1 Å². The van der Waals surface area contributed by atoms with Gasteiger partial charge in [-0.05, 0) is 31.9 Å². The van der Waals surface area contributed by atoms with E-state index in [1.165, 1.54) is 16.2 Å². The highest BCUT2D eigenvalue weighted by atomic mass is 32.1. The Kier molecular flexibility index (Phi) is 5.04. The zero-order valence-corrected chi connectivity index (χ0v) is 17.7.